The van der Waals surface area contributed by atoms with Crippen molar-refractivity contribution < 1.29 is 23.9 Å². The monoisotopic (exact) mass is 545 g/mol. The van der Waals surface area contributed by atoms with E-state index in [-0.39, 0.29) is 23.6 Å². The molecule has 6 nitrogen and oxygen atoms in total. The molecular formula is C30H21Cl2NO5. The number of benzene rings is 4. The predicted octanol–water partition coefficient (Wildman–Crippen LogP) is 8.17. The molecular weight excluding hydrogens is 525 g/mol. The maximum Gasteiger partial charge on any atom is 0.358 e. The number of halogens is 2. The first-order valence-corrected chi connectivity index (χ1v) is 12.4. The van der Waals surface area contributed by atoms with E-state index >= 15 is 0 Å². The zero-order valence-electron chi connectivity index (χ0n) is 19.9. The summed E-state index contributed by atoms with van der Waals surface area (Å²) < 4.78 is 17.8. The maximum atomic E-state index is 12.0. The van der Waals surface area contributed by atoms with Gasteiger partial charge in [-0.2, -0.15) is 0 Å². The second kappa shape index (κ2) is 11.4. The molecule has 8 heteroatoms. The fourth-order valence-corrected chi connectivity index (χ4v) is 4.35. The van der Waals surface area contributed by atoms with E-state index in [9.17, 15) is 9.90 Å². The minimum absolute atomic E-state index is 0.184. The molecule has 0 unspecified atom stereocenters. The zero-order valence-corrected chi connectivity index (χ0v) is 21.4. The van der Waals surface area contributed by atoms with E-state index in [4.69, 9.17) is 37.2 Å². The van der Waals surface area contributed by atoms with Crippen LogP contribution in [-0.2, 0) is 13.2 Å². The molecule has 1 aromatic heterocycles. The highest BCUT2D eigenvalue weighted by Crippen LogP contribution is 2.44. The van der Waals surface area contributed by atoms with E-state index in [1.807, 2.05) is 60.7 Å². The third-order valence-electron chi connectivity index (χ3n) is 5.76. The van der Waals surface area contributed by atoms with Gasteiger partial charge in [-0.25, -0.2) is 4.79 Å². The Morgan fingerprint density at radius 2 is 1.42 bits per heavy atom. The van der Waals surface area contributed by atoms with Gasteiger partial charge in [0.05, 0.1) is 16.1 Å². The highest BCUT2D eigenvalue weighted by atomic mass is 35.5. The molecule has 0 fully saturated rings. The van der Waals surface area contributed by atoms with Gasteiger partial charge in [-0.1, -0.05) is 101 Å². The number of carbonyl (C=O) groups is 1. The van der Waals surface area contributed by atoms with Gasteiger partial charge < -0.3 is 19.1 Å². The summed E-state index contributed by atoms with van der Waals surface area (Å²) in [6.07, 6.45) is 0. The number of rotatable bonds is 9. The molecule has 190 valence electrons. The van der Waals surface area contributed by atoms with Crippen molar-refractivity contribution in [2.75, 3.05) is 0 Å². The standard InChI is InChI=1S/C30H21Cl2NO5/c31-22-13-7-12-21(14-22)27-28(30(34)35)33-38-29(27)23-15-24(32)26(37-18-20-10-5-2-6-11-20)16-25(23)36-17-19-8-3-1-4-9-19/h1-16H,17-18H2,(H,34,35). The summed E-state index contributed by atoms with van der Waals surface area (Å²) in [6.45, 7) is 0.553. The van der Waals surface area contributed by atoms with E-state index in [2.05, 4.69) is 5.16 Å². The maximum absolute atomic E-state index is 12.0. The molecule has 0 spiro atoms. The van der Waals surface area contributed by atoms with Crippen LogP contribution >= 0.6 is 23.2 Å². The van der Waals surface area contributed by atoms with Crippen LogP contribution < -0.4 is 9.47 Å². The minimum atomic E-state index is -1.24. The van der Waals surface area contributed by atoms with Crippen LogP contribution in [0.3, 0.4) is 0 Å². The van der Waals surface area contributed by atoms with Gasteiger partial charge in [0.25, 0.3) is 0 Å². The van der Waals surface area contributed by atoms with Crippen LogP contribution in [0.4, 0.5) is 0 Å². The lowest BCUT2D eigenvalue weighted by Gasteiger charge is -2.15. The lowest BCUT2D eigenvalue weighted by atomic mass is 9.98. The molecule has 0 aliphatic heterocycles. The van der Waals surface area contributed by atoms with Gasteiger partial charge in [0.2, 0.25) is 0 Å². The zero-order chi connectivity index (χ0) is 26.5. The lowest BCUT2D eigenvalue weighted by molar-refractivity contribution is 0.0686. The number of ether oxygens (including phenoxy) is 2. The highest BCUT2D eigenvalue weighted by molar-refractivity contribution is 6.32. The Hall–Kier alpha value is -4.26. The third-order valence-corrected chi connectivity index (χ3v) is 6.29. The van der Waals surface area contributed by atoms with E-state index in [1.54, 1.807) is 36.4 Å². The van der Waals surface area contributed by atoms with Crippen molar-refractivity contribution in [3.05, 3.63) is 124 Å². The van der Waals surface area contributed by atoms with E-state index < -0.39 is 5.97 Å². The van der Waals surface area contributed by atoms with Crippen LogP contribution in [0.5, 0.6) is 11.5 Å². The first kappa shape index (κ1) is 25.4. The number of aromatic carboxylic acids is 1. The van der Waals surface area contributed by atoms with Gasteiger partial charge in [-0.05, 0) is 34.9 Å². The Balaban J connectivity index is 1.60. The van der Waals surface area contributed by atoms with Gasteiger partial charge in [0, 0.05) is 11.1 Å². The topological polar surface area (TPSA) is 81.8 Å². The molecule has 0 atom stereocenters. The second-order valence-electron chi connectivity index (χ2n) is 8.38. The van der Waals surface area contributed by atoms with Crippen LogP contribution in [0.25, 0.3) is 22.5 Å². The smallest absolute Gasteiger partial charge is 0.358 e. The summed E-state index contributed by atoms with van der Waals surface area (Å²) in [5.74, 6) is -0.262. The van der Waals surface area contributed by atoms with E-state index in [0.717, 1.165) is 11.1 Å². The number of carboxylic acid groups (broad SMARTS) is 1. The summed E-state index contributed by atoms with van der Waals surface area (Å²) in [7, 11) is 0. The summed E-state index contributed by atoms with van der Waals surface area (Å²) in [5, 5.41) is 14.4. The number of hydrogen-bond acceptors (Lipinski definition) is 5. The molecule has 0 saturated heterocycles. The van der Waals surface area contributed by atoms with Crippen LogP contribution in [0.15, 0.2) is 102 Å². The van der Waals surface area contributed by atoms with Crippen LogP contribution in [-0.4, -0.2) is 16.2 Å². The molecule has 4 aromatic carbocycles. The van der Waals surface area contributed by atoms with E-state index in [0.29, 0.717) is 39.3 Å². The summed E-state index contributed by atoms with van der Waals surface area (Å²) in [4.78, 5) is 12.0. The summed E-state index contributed by atoms with van der Waals surface area (Å²) in [6, 6.07) is 29.4. The quantitative estimate of drug-likeness (QED) is 0.201. The average molecular weight is 546 g/mol. The normalized spacial score (nSPS) is 10.8. The van der Waals surface area contributed by atoms with Crippen molar-refractivity contribution in [2.45, 2.75) is 13.2 Å². The van der Waals surface area contributed by atoms with Gasteiger partial charge in [0.15, 0.2) is 11.5 Å². The Morgan fingerprint density at radius 3 is 2.03 bits per heavy atom. The van der Waals surface area contributed by atoms with Crippen LogP contribution in [0.2, 0.25) is 10.0 Å². The Bertz CT molecular complexity index is 1570. The highest BCUT2D eigenvalue weighted by Gasteiger charge is 2.27. The molecule has 0 amide bonds. The van der Waals surface area contributed by atoms with Crippen molar-refractivity contribution in [3.8, 4) is 33.9 Å². The molecule has 38 heavy (non-hydrogen) atoms. The van der Waals surface area contributed by atoms with Crippen molar-refractivity contribution >= 4 is 29.2 Å². The number of carboxylic acids is 1. The number of nitrogens with zero attached hydrogens (tertiary/aromatic N) is 1. The van der Waals surface area contributed by atoms with Crippen molar-refractivity contribution in [2.24, 2.45) is 0 Å². The number of hydrogen-bond donors (Lipinski definition) is 1. The second-order valence-corrected chi connectivity index (χ2v) is 9.22. The average Bonchev–Trinajstić information content (AvgIpc) is 3.38. The molecule has 0 radical (unpaired) electrons. The van der Waals surface area contributed by atoms with Crippen molar-refractivity contribution in [3.63, 3.8) is 0 Å². The molecule has 0 aliphatic carbocycles. The first-order chi connectivity index (χ1) is 18.5. The molecule has 1 N–H and O–H groups in total. The summed E-state index contributed by atoms with van der Waals surface area (Å²) in [5.41, 5.74) is 2.88. The van der Waals surface area contributed by atoms with Gasteiger partial charge in [-0.3, -0.25) is 0 Å². The SMILES string of the molecule is O=C(O)c1noc(-c2cc(Cl)c(OCc3ccccc3)cc2OCc2ccccc2)c1-c1cccc(Cl)c1. The first-order valence-electron chi connectivity index (χ1n) is 11.7. The Labute approximate surface area is 229 Å². The summed E-state index contributed by atoms with van der Waals surface area (Å²) >= 11 is 12.9. The van der Waals surface area contributed by atoms with Crippen molar-refractivity contribution in [1.82, 2.24) is 5.16 Å². The van der Waals surface area contributed by atoms with Crippen LogP contribution in [0.1, 0.15) is 21.6 Å². The molecule has 5 rings (SSSR count). The largest absolute Gasteiger partial charge is 0.488 e. The number of aromatic nitrogens is 1. The predicted molar refractivity (Wildman–Crippen MR) is 146 cm³/mol. The molecule has 0 saturated carbocycles. The minimum Gasteiger partial charge on any atom is -0.488 e. The molecule has 0 bridgehead atoms. The van der Waals surface area contributed by atoms with Gasteiger partial charge in [0.1, 0.15) is 24.7 Å². The lowest BCUT2D eigenvalue weighted by Crippen LogP contribution is -2.01. The Morgan fingerprint density at radius 1 is 0.789 bits per heavy atom. The van der Waals surface area contributed by atoms with Crippen molar-refractivity contribution in [1.29, 1.82) is 0 Å². The third kappa shape index (κ3) is 5.67. The Kier molecular flexibility index (Phi) is 7.63. The van der Waals surface area contributed by atoms with Gasteiger partial charge >= 0.3 is 5.97 Å². The van der Waals surface area contributed by atoms with E-state index in [1.165, 1.54) is 0 Å². The fourth-order valence-electron chi connectivity index (χ4n) is 3.94. The van der Waals surface area contributed by atoms with Gasteiger partial charge in [-0.15, -0.1) is 0 Å². The molecule has 1 heterocycles. The van der Waals surface area contributed by atoms with Crippen LogP contribution in [0, 0.1) is 0 Å². The fraction of sp³-hybridized carbons (Fsp3) is 0.0667. The molecule has 5 aromatic rings. The molecule has 0 aliphatic rings.